The van der Waals surface area contributed by atoms with Gasteiger partial charge in [0.2, 0.25) is 0 Å². The van der Waals surface area contributed by atoms with Crippen LogP contribution >= 0.6 is 22.6 Å². The van der Waals surface area contributed by atoms with Gasteiger partial charge in [-0.15, -0.1) is 0 Å². The predicted molar refractivity (Wildman–Crippen MR) is 73.3 cm³/mol. The molecular weight excluding hydrogens is 327 g/mol. The first-order chi connectivity index (χ1) is 8.31. The molecule has 3 rings (SSSR count). The second-order valence-electron chi connectivity index (χ2n) is 4.07. The quantitative estimate of drug-likeness (QED) is 0.788. The molecule has 0 saturated heterocycles. The molecule has 0 unspecified atom stereocenters. The minimum atomic E-state index is 0.406. The zero-order chi connectivity index (χ0) is 11.7. The third-order valence-corrected chi connectivity index (χ3v) is 3.43. The van der Waals surface area contributed by atoms with Crippen molar-refractivity contribution < 1.29 is 4.74 Å². The summed E-state index contributed by atoms with van der Waals surface area (Å²) in [6.45, 7) is 0. The van der Waals surface area contributed by atoms with E-state index < -0.39 is 0 Å². The van der Waals surface area contributed by atoms with Crippen LogP contribution in [0.3, 0.4) is 0 Å². The molecule has 17 heavy (non-hydrogen) atoms. The number of benzene rings is 1. The summed E-state index contributed by atoms with van der Waals surface area (Å²) in [4.78, 5) is 8.25. The van der Waals surface area contributed by atoms with Crippen LogP contribution in [-0.4, -0.2) is 9.97 Å². The Bertz CT molecular complexity index is 540. The maximum Gasteiger partial charge on any atom is 0.321 e. The fraction of sp³-hybridized carbons (Fsp3) is 0.231. The van der Waals surface area contributed by atoms with Gasteiger partial charge in [-0.3, -0.25) is 0 Å². The first-order valence-corrected chi connectivity index (χ1v) is 6.66. The molecule has 0 aliphatic heterocycles. The van der Waals surface area contributed by atoms with Gasteiger partial charge in [0.05, 0.1) is 0 Å². The largest absolute Gasteiger partial charge is 0.424 e. The van der Waals surface area contributed by atoms with E-state index in [2.05, 4.69) is 44.7 Å². The van der Waals surface area contributed by atoms with Crippen molar-refractivity contribution in [2.45, 2.75) is 19.3 Å². The van der Waals surface area contributed by atoms with Gasteiger partial charge in [-0.1, -0.05) is 6.07 Å². The second-order valence-corrected chi connectivity index (χ2v) is 5.32. The van der Waals surface area contributed by atoms with E-state index in [1.807, 2.05) is 6.07 Å². The Morgan fingerprint density at radius 2 is 1.82 bits per heavy atom. The molecule has 2 aromatic rings. The molecule has 86 valence electrons. The van der Waals surface area contributed by atoms with Gasteiger partial charge in [0.25, 0.3) is 0 Å². The molecule has 1 aliphatic rings. The van der Waals surface area contributed by atoms with Gasteiger partial charge in [-0.2, -0.15) is 0 Å². The minimum Gasteiger partial charge on any atom is -0.424 e. The lowest BCUT2D eigenvalue weighted by atomic mass is 10.1. The van der Waals surface area contributed by atoms with Crippen LogP contribution in [0.15, 0.2) is 30.6 Å². The lowest BCUT2D eigenvalue weighted by Gasteiger charge is -2.05. The van der Waals surface area contributed by atoms with E-state index in [1.165, 1.54) is 24.0 Å². The monoisotopic (exact) mass is 338 g/mol. The highest BCUT2D eigenvalue weighted by atomic mass is 127. The molecule has 0 amide bonds. The Labute approximate surface area is 113 Å². The molecule has 1 heterocycles. The number of rotatable bonds is 2. The molecule has 0 atom stereocenters. The number of hydrogen-bond acceptors (Lipinski definition) is 3. The topological polar surface area (TPSA) is 35.0 Å². The summed E-state index contributed by atoms with van der Waals surface area (Å²) in [6.07, 6.45) is 7.08. The van der Waals surface area contributed by atoms with Gasteiger partial charge in [0.1, 0.15) is 5.75 Å². The smallest absolute Gasteiger partial charge is 0.321 e. The van der Waals surface area contributed by atoms with Crippen LogP contribution in [-0.2, 0) is 12.8 Å². The van der Waals surface area contributed by atoms with Crippen molar-refractivity contribution >= 4 is 22.6 Å². The van der Waals surface area contributed by atoms with Gasteiger partial charge < -0.3 is 4.74 Å². The summed E-state index contributed by atoms with van der Waals surface area (Å²) in [7, 11) is 0. The van der Waals surface area contributed by atoms with E-state index >= 15 is 0 Å². The zero-order valence-electron chi connectivity index (χ0n) is 9.19. The normalized spacial score (nSPS) is 13.5. The first-order valence-electron chi connectivity index (χ1n) is 5.58. The minimum absolute atomic E-state index is 0.406. The Morgan fingerprint density at radius 3 is 2.65 bits per heavy atom. The standard InChI is InChI=1S/C13H11IN2O/c14-11-7-15-13(16-8-11)17-12-5-4-9-2-1-3-10(9)6-12/h4-8H,1-3H2. The van der Waals surface area contributed by atoms with Crippen LogP contribution in [0.25, 0.3) is 0 Å². The van der Waals surface area contributed by atoms with Gasteiger partial charge in [-0.25, -0.2) is 9.97 Å². The van der Waals surface area contributed by atoms with Crippen molar-refractivity contribution in [2.75, 3.05) is 0 Å². The van der Waals surface area contributed by atoms with Crippen molar-refractivity contribution in [3.63, 3.8) is 0 Å². The number of hydrogen-bond donors (Lipinski definition) is 0. The third kappa shape index (κ3) is 2.41. The Balaban J connectivity index is 1.83. The van der Waals surface area contributed by atoms with Crippen LogP contribution in [0.2, 0.25) is 0 Å². The summed E-state index contributed by atoms with van der Waals surface area (Å²) in [5.74, 6) is 0.826. The number of ether oxygens (including phenoxy) is 1. The van der Waals surface area contributed by atoms with Gasteiger partial charge in [0.15, 0.2) is 0 Å². The average molecular weight is 338 g/mol. The summed E-state index contributed by atoms with van der Waals surface area (Å²) in [5.41, 5.74) is 2.84. The van der Waals surface area contributed by atoms with Gasteiger partial charge >= 0.3 is 6.01 Å². The Morgan fingerprint density at radius 1 is 1.06 bits per heavy atom. The molecule has 0 radical (unpaired) electrons. The molecule has 1 aromatic heterocycles. The molecule has 0 N–H and O–H groups in total. The molecule has 0 saturated carbocycles. The van der Waals surface area contributed by atoms with Crippen molar-refractivity contribution in [3.05, 3.63) is 45.3 Å². The van der Waals surface area contributed by atoms with E-state index in [0.717, 1.165) is 15.7 Å². The highest BCUT2D eigenvalue weighted by Gasteiger charge is 2.11. The number of fused-ring (bicyclic) bond motifs is 1. The molecular formula is C13H11IN2O. The van der Waals surface area contributed by atoms with E-state index in [4.69, 9.17) is 4.74 Å². The van der Waals surface area contributed by atoms with E-state index in [9.17, 15) is 0 Å². The fourth-order valence-electron chi connectivity index (χ4n) is 2.07. The van der Waals surface area contributed by atoms with Crippen molar-refractivity contribution in [3.8, 4) is 11.8 Å². The molecule has 1 aliphatic carbocycles. The maximum atomic E-state index is 5.63. The van der Waals surface area contributed by atoms with Crippen LogP contribution in [0.4, 0.5) is 0 Å². The summed E-state index contributed by atoms with van der Waals surface area (Å²) in [5, 5.41) is 0. The number of aromatic nitrogens is 2. The molecule has 4 heteroatoms. The Kier molecular flexibility index (Phi) is 2.96. The SMILES string of the molecule is Ic1cnc(Oc2ccc3c(c2)CCC3)nc1. The van der Waals surface area contributed by atoms with Crippen molar-refractivity contribution in [1.82, 2.24) is 9.97 Å². The number of nitrogens with zero attached hydrogens (tertiary/aromatic N) is 2. The Hall–Kier alpha value is -1.17. The maximum absolute atomic E-state index is 5.63. The second kappa shape index (κ2) is 4.60. The van der Waals surface area contributed by atoms with E-state index in [-0.39, 0.29) is 0 Å². The average Bonchev–Trinajstić information content (AvgIpc) is 2.79. The molecule has 3 nitrogen and oxygen atoms in total. The van der Waals surface area contributed by atoms with Crippen LogP contribution in [0.5, 0.6) is 11.8 Å². The van der Waals surface area contributed by atoms with Crippen LogP contribution < -0.4 is 4.74 Å². The number of halogens is 1. The van der Waals surface area contributed by atoms with E-state index in [1.54, 1.807) is 12.4 Å². The summed E-state index contributed by atoms with van der Waals surface area (Å²) >= 11 is 2.17. The lowest BCUT2D eigenvalue weighted by molar-refractivity contribution is 0.441. The lowest BCUT2D eigenvalue weighted by Crippen LogP contribution is -1.92. The molecule has 0 spiro atoms. The molecule has 0 fully saturated rings. The zero-order valence-corrected chi connectivity index (χ0v) is 11.3. The van der Waals surface area contributed by atoms with Crippen molar-refractivity contribution in [1.29, 1.82) is 0 Å². The molecule has 1 aromatic carbocycles. The third-order valence-electron chi connectivity index (χ3n) is 2.88. The van der Waals surface area contributed by atoms with Crippen LogP contribution in [0, 0.1) is 3.57 Å². The van der Waals surface area contributed by atoms with Crippen LogP contribution in [0.1, 0.15) is 17.5 Å². The van der Waals surface area contributed by atoms with Crippen molar-refractivity contribution in [2.24, 2.45) is 0 Å². The fourth-order valence-corrected chi connectivity index (χ4v) is 2.35. The highest BCUT2D eigenvalue weighted by molar-refractivity contribution is 14.1. The summed E-state index contributed by atoms with van der Waals surface area (Å²) in [6, 6.07) is 6.64. The van der Waals surface area contributed by atoms with Gasteiger partial charge in [-0.05, 0) is 65.1 Å². The van der Waals surface area contributed by atoms with E-state index in [0.29, 0.717) is 6.01 Å². The summed E-state index contributed by atoms with van der Waals surface area (Å²) < 4.78 is 6.64. The highest BCUT2D eigenvalue weighted by Crippen LogP contribution is 2.27. The van der Waals surface area contributed by atoms with Gasteiger partial charge in [0, 0.05) is 16.0 Å². The predicted octanol–water partition coefficient (Wildman–Crippen LogP) is 3.36. The first kappa shape index (κ1) is 11.0. The molecule has 0 bridgehead atoms. The number of aryl methyl sites for hydroxylation is 2.